The van der Waals surface area contributed by atoms with Gasteiger partial charge in [-0.15, -0.1) is 0 Å². The maximum atomic E-state index is 5.81. The second-order valence-corrected chi connectivity index (χ2v) is 5.74. The number of nitrogens with zero attached hydrogens (tertiary/aromatic N) is 1. The minimum Gasteiger partial charge on any atom is -0.399 e. The summed E-state index contributed by atoms with van der Waals surface area (Å²) in [4.78, 5) is 2.48. The molecule has 0 aromatic heterocycles. The van der Waals surface area contributed by atoms with Crippen molar-refractivity contribution in [2.45, 2.75) is 34.6 Å². The molecule has 2 heteroatoms. The van der Waals surface area contributed by atoms with E-state index in [9.17, 15) is 0 Å². The molecule has 1 aromatic rings. The van der Waals surface area contributed by atoms with Crippen LogP contribution in [0.4, 0.5) is 11.4 Å². The molecule has 0 fully saturated rings. The molecule has 17 heavy (non-hydrogen) atoms. The molecule has 2 nitrogen and oxygen atoms in total. The van der Waals surface area contributed by atoms with E-state index in [-0.39, 0.29) is 0 Å². The third-order valence-corrected chi connectivity index (χ3v) is 2.73. The fourth-order valence-electron chi connectivity index (χ4n) is 2.19. The van der Waals surface area contributed by atoms with Crippen LogP contribution in [0.3, 0.4) is 0 Å². The van der Waals surface area contributed by atoms with Crippen LogP contribution in [-0.4, -0.2) is 13.1 Å². The largest absolute Gasteiger partial charge is 0.399 e. The molecular formula is C15H26N2. The molecule has 0 unspecified atom stereocenters. The monoisotopic (exact) mass is 234 g/mol. The first-order chi connectivity index (χ1) is 7.90. The van der Waals surface area contributed by atoms with Crippen LogP contribution in [0.25, 0.3) is 0 Å². The average molecular weight is 234 g/mol. The van der Waals surface area contributed by atoms with E-state index in [0.717, 1.165) is 18.8 Å². The van der Waals surface area contributed by atoms with Gasteiger partial charge in [0.05, 0.1) is 0 Å². The predicted octanol–water partition coefficient (Wildman–Crippen LogP) is 3.70. The lowest BCUT2D eigenvalue weighted by atomic mass is 10.1. The van der Waals surface area contributed by atoms with Crippen LogP contribution in [0.15, 0.2) is 18.2 Å². The standard InChI is InChI=1S/C15H26N2/c1-11(2)9-17(10-12(3)4)15-7-6-14(16)8-13(15)5/h6-8,11-12H,9-10,16H2,1-5H3. The van der Waals surface area contributed by atoms with Crippen molar-refractivity contribution in [1.29, 1.82) is 0 Å². The van der Waals surface area contributed by atoms with E-state index in [2.05, 4.69) is 51.7 Å². The van der Waals surface area contributed by atoms with Gasteiger partial charge in [0.2, 0.25) is 0 Å². The zero-order valence-corrected chi connectivity index (χ0v) is 11.8. The summed E-state index contributed by atoms with van der Waals surface area (Å²) in [7, 11) is 0. The van der Waals surface area contributed by atoms with Crippen molar-refractivity contribution in [3.63, 3.8) is 0 Å². The molecule has 0 spiro atoms. The number of aryl methyl sites for hydroxylation is 1. The lowest BCUT2D eigenvalue weighted by molar-refractivity contribution is 0.552. The number of anilines is 2. The number of nitrogen functional groups attached to an aromatic ring is 1. The van der Waals surface area contributed by atoms with Crippen molar-refractivity contribution in [1.82, 2.24) is 0 Å². The fraction of sp³-hybridized carbons (Fsp3) is 0.600. The molecule has 2 N–H and O–H groups in total. The molecule has 0 aliphatic rings. The van der Waals surface area contributed by atoms with E-state index in [1.807, 2.05) is 6.07 Å². The van der Waals surface area contributed by atoms with Crippen LogP contribution < -0.4 is 10.6 Å². The molecule has 0 saturated heterocycles. The summed E-state index contributed by atoms with van der Waals surface area (Å²) in [5, 5.41) is 0. The number of hydrogen-bond donors (Lipinski definition) is 1. The third kappa shape index (κ3) is 4.29. The third-order valence-electron chi connectivity index (χ3n) is 2.73. The average Bonchev–Trinajstić information content (AvgIpc) is 2.14. The van der Waals surface area contributed by atoms with Crippen molar-refractivity contribution in [2.24, 2.45) is 11.8 Å². The zero-order chi connectivity index (χ0) is 13.0. The van der Waals surface area contributed by atoms with Crippen molar-refractivity contribution < 1.29 is 0 Å². The summed E-state index contributed by atoms with van der Waals surface area (Å²) in [6.45, 7) is 13.4. The predicted molar refractivity (Wildman–Crippen MR) is 77.5 cm³/mol. The normalized spacial score (nSPS) is 11.2. The van der Waals surface area contributed by atoms with Crippen LogP contribution in [-0.2, 0) is 0 Å². The highest BCUT2D eigenvalue weighted by Crippen LogP contribution is 2.24. The van der Waals surface area contributed by atoms with Crippen LogP contribution in [0.5, 0.6) is 0 Å². The van der Waals surface area contributed by atoms with Gasteiger partial charge in [-0.25, -0.2) is 0 Å². The van der Waals surface area contributed by atoms with Gasteiger partial charge in [-0.3, -0.25) is 0 Å². The molecule has 0 heterocycles. The first-order valence-electron chi connectivity index (χ1n) is 6.51. The first kappa shape index (κ1) is 13.9. The molecule has 0 radical (unpaired) electrons. The topological polar surface area (TPSA) is 29.3 Å². The molecule has 96 valence electrons. The zero-order valence-electron chi connectivity index (χ0n) is 11.8. The molecule has 0 atom stereocenters. The van der Waals surface area contributed by atoms with Gasteiger partial charge in [0, 0.05) is 24.5 Å². The van der Waals surface area contributed by atoms with Gasteiger partial charge >= 0.3 is 0 Å². The minimum atomic E-state index is 0.672. The highest BCUT2D eigenvalue weighted by molar-refractivity contribution is 5.59. The maximum Gasteiger partial charge on any atom is 0.0397 e. The van der Waals surface area contributed by atoms with Crippen molar-refractivity contribution in [3.8, 4) is 0 Å². The Morgan fingerprint density at radius 2 is 1.59 bits per heavy atom. The molecule has 0 saturated carbocycles. The first-order valence-corrected chi connectivity index (χ1v) is 6.51. The lowest BCUT2D eigenvalue weighted by Gasteiger charge is -2.30. The van der Waals surface area contributed by atoms with Crippen LogP contribution in [0, 0.1) is 18.8 Å². The van der Waals surface area contributed by atoms with Gasteiger partial charge < -0.3 is 10.6 Å². The second kappa shape index (κ2) is 5.95. The van der Waals surface area contributed by atoms with Gasteiger partial charge in [-0.1, -0.05) is 27.7 Å². The van der Waals surface area contributed by atoms with E-state index in [0.29, 0.717) is 11.8 Å². The Balaban J connectivity index is 2.95. The Hall–Kier alpha value is -1.18. The smallest absolute Gasteiger partial charge is 0.0397 e. The molecule has 0 amide bonds. The molecule has 1 rings (SSSR count). The molecule has 0 aliphatic heterocycles. The Morgan fingerprint density at radius 3 is 2.00 bits per heavy atom. The van der Waals surface area contributed by atoms with E-state index in [4.69, 9.17) is 5.73 Å². The number of nitrogens with two attached hydrogens (primary N) is 1. The van der Waals surface area contributed by atoms with E-state index >= 15 is 0 Å². The second-order valence-electron chi connectivity index (χ2n) is 5.74. The van der Waals surface area contributed by atoms with E-state index < -0.39 is 0 Å². The summed E-state index contributed by atoms with van der Waals surface area (Å²) in [6.07, 6.45) is 0. The van der Waals surface area contributed by atoms with Crippen LogP contribution >= 0.6 is 0 Å². The molecular weight excluding hydrogens is 208 g/mol. The van der Waals surface area contributed by atoms with Crippen molar-refractivity contribution in [2.75, 3.05) is 23.7 Å². The summed E-state index contributed by atoms with van der Waals surface area (Å²) >= 11 is 0. The lowest BCUT2D eigenvalue weighted by Crippen LogP contribution is -2.31. The minimum absolute atomic E-state index is 0.672. The molecule has 0 bridgehead atoms. The number of rotatable bonds is 5. The van der Waals surface area contributed by atoms with Crippen molar-refractivity contribution in [3.05, 3.63) is 23.8 Å². The Bertz CT molecular complexity index is 346. The number of hydrogen-bond acceptors (Lipinski definition) is 2. The van der Waals surface area contributed by atoms with E-state index in [1.165, 1.54) is 11.3 Å². The van der Waals surface area contributed by atoms with E-state index in [1.54, 1.807) is 0 Å². The van der Waals surface area contributed by atoms with Gasteiger partial charge in [0.15, 0.2) is 0 Å². The SMILES string of the molecule is Cc1cc(N)ccc1N(CC(C)C)CC(C)C. The maximum absolute atomic E-state index is 5.81. The van der Waals surface area contributed by atoms with Crippen LogP contribution in [0.2, 0.25) is 0 Å². The fourth-order valence-corrected chi connectivity index (χ4v) is 2.19. The Kier molecular flexibility index (Phi) is 4.86. The summed E-state index contributed by atoms with van der Waals surface area (Å²) < 4.78 is 0. The van der Waals surface area contributed by atoms with Gasteiger partial charge in [0.25, 0.3) is 0 Å². The Labute approximate surface area is 106 Å². The molecule has 0 aliphatic carbocycles. The van der Waals surface area contributed by atoms with Crippen LogP contribution in [0.1, 0.15) is 33.3 Å². The number of benzene rings is 1. The quantitative estimate of drug-likeness (QED) is 0.787. The summed E-state index contributed by atoms with van der Waals surface area (Å²) in [6, 6.07) is 6.20. The van der Waals surface area contributed by atoms with Gasteiger partial charge in [0.1, 0.15) is 0 Å². The highest BCUT2D eigenvalue weighted by Gasteiger charge is 2.12. The summed E-state index contributed by atoms with van der Waals surface area (Å²) in [5.41, 5.74) is 9.25. The molecule has 1 aromatic carbocycles. The van der Waals surface area contributed by atoms with Crippen molar-refractivity contribution >= 4 is 11.4 Å². The highest BCUT2D eigenvalue weighted by atomic mass is 15.1. The Morgan fingerprint density at radius 1 is 1.06 bits per heavy atom. The van der Waals surface area contributed by atoms with Gasteiger partial charge in [-0.05, 0) is 42.5 Å². The summed E-state index contributed by atoms with van der Waals surface area (Å²) in [5.74, 6) is 1.34. The van der Waals surface area contributed by atoms with Gasteiger partial charge in [-0.2, -0.15) is 0 Å².